The predicted molar refractivity (Wildman–Crippen MR) is 81.6 cm³/mol. The second kappa shape index (κ2) is 6.76. The van der Waals surface area contributed by atoms with E-state index in [2.05, 4.69) is 17.9 Å². The quantitative estimate of drug-likeness (QED) is 0.914. The van der Waals surface area contributed by atoms with E-state index in [-0.39, 0.29) is 0 Å². The Morgan fingerprint density at radius 1 is 1.40 bits per heavy atom. The molecule has 1 aromatic carbocycles. The Morgan fingerprint density at radius 3 is 2.85 bits per heavy atom. The van der Waals surface area contributed by atoms with Crippen molar-refractivity contribution in [2.45, 2.75) is 45.6 Å². The van der Waals surface area contributed by atoms with Crippen LogP contribution in [0.5, 0.6) is 0 Å². The second-order valence-electron chi connectivity index (χ2n) is 5.75. The first-order valence-corrected chi connectivity index (χ1v) is 7.62. The van der Waals surface area contributed by atoms with Crippen molar-refractivity contribution in [2.24, 2.45) is 5.92 Å². The molecule has 0 bridgehead atoms. The van der Waals surface area contributed by atoms with Gasteiger partial charge in [-0.3, -0.25) is 0 Å². The van der Waals surface area contributed by atoms with Crippen LogP contribution in [0, 0.1) is 17.2 Å². The highest BCUT2D eigenvalue weighted by Gasteiger charge is 2.19. The fraction of sp³-hybridized carbons (Fsp3) is 0.588. The number of nitriles is 1. The van der Waals surface area contributed by atoms with Gasteiger partial charge < -0.3 is 10.0 Å². The molecule has 3 heteroatoms. The topological polar surface area (TPSA) is 47.3 Å². The van der Waals surface area contributed by atoms with Gasteiger partial charge in [-0.1, -0.05) is 19.4 Å². The fourth-order valence-electron chi connectivity index (χ4n) is 3.05. The minimum atomic E-state index is -0.497. The highest BCUT2D eigenvalue weighted by molar-refractivity contribution is 5.58. The van der Waals surface area contributed by atoms with Crippen LogP contribution in [-0.2, 0) is 0 Å². The normalized spacial score (nSPS) is 21.1. The Kier molecular flexibility index (Phi) is 5.03. The molecular weight excluding hydrogens is 248 g/mol. The fourth-order valence-corrected chi connectivity index (χ4v) is 3.05. The van der Waals surface area contributed by atoms with Gasteiger partial charge in [-0.2, -0.15) is 5.26 Å². The molecule has 2 atom stereocenters. The van der Waals surface area contributed by atoms with E-state index in [1.165, 1.54) is 25.7 Å². The molecule has 0 spiro atoms. The van der Waals surface area contributed by atoms with Gasteiger partial charge in [0.1, 0.15) is 0 Å². The van der Waals surface area contributed by atoms with Gasteiger partial charge in [-0.25, -0.2) is 0 Å². The lowest BCUT2D eigenvalue weighted by Gasteiger charge is -2.27. The molecule has 0 amide bonds. The summed E-state index contributed by atoms with van der Waals surface area (Å²) in [6.45, 7) is 6.09. The van der Waals surface area contributed by atoms with Crippen molar-refractivity contribution >= 4 is 5.69 Å². The maximum Gasteiger partial charge on any atom is 0.0992 e. The van der Waals surface area contributed by atoms with E-state index in [0.29, 0.717) is 5.56 Å². The van der Waals surface area contributed by atoms with Gasteiger partial charge in [0.15, 0.2) is 0 Å². The molecule has 0 aromatic heterocycles. The minimum absolute atomic E-state index is 0.497. The number of anilines is 1. The van der Waals surface area contributed by atoms with Gasteiger partial charge in [0.05, 0.1) is 17.7 Å². The molecule has 1 unspecified atom stereocenters. The third-order valence-corrected chi connectivity index (χ3v) is 4.38. The summed E-state index contributed by atoms with van der Waals surface area (Å²) in [6, 6.07) is 7.80. The number of aliphatic hydroxyl groups is 1. The monoisotopic (exact) mass is 272 g/mol. The number of rotatable bonds is 3. The molecule has 2 rings (SSSR count). The van der Waals surface area contributed by atoms with Crippen LogP contribution in [0.4, 0.5) is 5.69 Å². The summed E-state index contributed by atoms with van der Waals surface area (Å²) in [5, 5.41) is 19.1. The van der Waals surface area contributed by atoms with Gasteiger partial charge in [-0.05, 0) is 44.2 Å². The van der Waals surface area contributed by atoms with Crippen molar-refractivity contribution in [1.29, 1.82) is 5.26 Å². The Hall–Kier alpha value is -1.53. The van der Waals surface area contributed by atoms with Gasteiger partial charge >= 0.3 is 0 Å². The Bertz CT molecular complexity index is 490. The van der Waals surface area contributed by atoms with E-state index < -0.39 is 6.10 Å². The minimum Gasteiger partial charge on any atom is -0.389 e. The molecular formula is C17H24N2O. The number of hydrogen-bond acceptors (Lipinski definition) is 3. The molecule has 1 aromatic rings. The van der Waals surface area contributed by atoms with Crippen molar-refractivity contribution in [3.05, 3.63) is 29.3 Å². The zero-order valence-electron chi connectivity index (χ0n) is 12.5. The first-order chi connectivity index (χ1) is 9.65. The van der Waals surface area contributed by atoms with Crippen molar-refractivity contribution in [2.75, 3.05) is 18.0 Å². The maximum atomic E-state index is 9.96. The summed E-state index contributed by atoms with van der Waals surface area (Å²) < 4.78 is 0. The third kappa shape index (κ3) is 3.32. The Balaban J connectivity index is 2.28. The van der Waals surface area contributed by atoms with E-state index >= 15 is 0 Å². The lowest BCUT2D eigenvalue weighted by molar-refractivity contribution is 0.199. The molecule has 1 aliphatic rings. The van der Waals surface area contributed by atoms with E-state index in [9.17, 15) is 5.11 Å². The number of benzene rings is 1. The molecule has 0 saturated carbocycles. The molecule has 1 heterocycles. The third-order valence-electron chi connectivity index (χ3n) is 4.38. The number of aliphatic hydroxyl groups excluding tert-OH is 1. The van der Waals surface area contributed by atoms with E-state index in [0.717, 1.165) is 30.3 Å². The van der Waals surface area contributed by atoms with Gasteiger partial charge in [0, 0.05) is 24.3 Å². The summed E-state index contributed by atoms with van der Waals surface area (Å²) in [6.07, 6.45) is 4.42. The summed E-state index contributed by atoms with van der Waals surface area (Å²) in [4.78, 5) is 2.35. The van der Waals surface area contributed by atoms with Gasteiger partial charge in [-0.15, -0.1) is 0 Å². The molecule has 3 nitrogen and oxygen atoms in total. The predicted octanol–water partition coefficient (Wildman–Crippen LogP) is 3.63. The number of hydrogen-bond donors (Lipinski definition) is 1. The van der Waals surface area contributed by atoms with Crippen LogP contribution >= 0.6 is 0 Å². The van der Waals surface area contributed by atoms with Gasteiger partial charge in [0.2, 0.25) is 0 Å². The first-order valence-electron chi connectivity index (χ1n) is 7.62. The molecule has 1 saturated heterocycles. The molecule has 1 aliphatic heterocycles. The van der Waals surface area contributed by atoms with Crippen LogP contribution < -0.4 is 4.90 Å². The molecule has 1 fully saturated rings. The highest BCUT2D eigenvalue weighted by atomic mass is 16.3. The summed E-state index contributed by atoms with van der Waals surface area (Å²) in [5.74, 6) is 0.814. The van der Waals surface area contributed by atoms with Crippen LogP contribution in [-0.4, -0.2) is 18.2 Å². The molecule has 0 aliphatic carbocycles. The van der Waals surface area contributed by atoms with Crippen molar-refractivity contribution < 1.29 is 5.11 Å². The van der Waals surface area contributed by atoms with E-state index in [1.54, 1.807) is 13.0 Å². The van der Waals surface area contributed by atoms with Crippen molar-refractivity contribution in [3.63, 3.8) is 0 Å². The Labute approximate surface area is 121 Å². The van der Waals surface area contributed by atoms with E-state index in [4.69, 9.17) is 5.26 Å². The molecule has 20 heavy (non-hydrogen) atoms. The smallest absolute Gasteiger partial charge is 0.0992 e. The largest absolute Gasteiger partial charge is 0.389 e. The average molecular weight is 272 g/mol. The van der Waals surface area contributed by atoms with Crippen LogP contribution in [0.15, 0.2) is 18.2 Å². The number of nitrogens with zero attached hydrogens (tertiary/aromatic N) is 2. The lowest BCUT2D eigenvalue weighted by Crippen LogP contribution is -2.25. The zero-order valence-corrected chi connectivity index (χ0v) is 12.5. The van der Waals surface area contributed by atoms with Crippen molar-refractivity contribution in [3.8, 4) is 6.07 Å². The van der Waals surface area contributed by atoms with E-state index in [1.807, 2.05) is 12.1 Å². The van der Waals surface area contributed by atoms with Crippen LogP contribution in [0.25, 0.3) is 0 Å². The van der Waals surface area contributed by atoms with Crippen LogP contribution in [0.3, 0.4) is 0 Å². The summed E-state index contributed by atoms with van der Waals surface area (Å²) in [5.41, 5.74) is 2.63. The summed E-state index contributed by atoms with van der Waals surface area (Å²) >= 11 is 0. The highest BCUT2D eigenvalue weighted by Crippen LogP contribution is 2.31. The SMILES string of the molecule is CCC1CCCN(c2cc(C#N)ccc2[C@@H](C)O)CC1. The van der Waals surface area contributed by atoms with Crippen LogP contribution in [0.1, 0.15) is 56.8 Å². The lowest BCUT2D eigenvalue weighted by atomic mass is 9.98. The Morgan fingerprint density at radius 2 is 2.20 bits per heavy atom. The maximum absolute atomic E-state index is 9.96. The molecule has 0 radical (unpaired) electrons. The van der Waals surface area contributed by atoms with Crippen LogP contribution in [0.2, 0.25) is 0 Å². The summed E-state index contributed by atoms with van der Waals surface area (Å²) in [7, 11) is 0. The standard InChI is InChI=1S/C17H24N2O/c1-3-14-5-4-9-19(10-8-14)17-11-15(12-18)6-7-16(17)13(2)20/h6-7,11,13-14,20H,3-5,8-10H2,1-2H3/t13-,14?/m1/s1. The second-order valence-corrected chi connectivity index (χ2v) is 5.75. The van der Waals surface area contributed by atoms with Crippen molar-refractivity contribution in [1.82, 2.24) is 0 Å². The molecule has 1 N–H and O–H groups in total. The first kappa shape index (κ1) is 14.9. The average Bonchev–Trinajstić information content (AvgIpc) is 2.71. The van der Waals surface area contributed by atoms with Gasteiger partial charge in [0.25, 0.3) is 0 Å². The molecule has 108 valence electrons. The zero-order chi connectivity index (χ0) is 14.5.